The van der Waals surface area contributed by atoms with Crippen LogP contribution in [0.2, 0.25) is 0 Å². The third-order valence-electron chi connectivity index (χ3n) is 3.62. The second-order valence-corrected chi connectivity index (χ2v) is 7.29. The van der Waals surface area contributed by atoms with Gasteiger partial charge in [-0.3, -0.25) is 9.48 Å². The van der Waals surface area contributed by atoms with Crippen LogP contribution in [0.1, 0.15) is 19.4 Å². The second-order valence-electron chi connectivity index (χ2n) is 5.36. The number of hydrogen-bond donors (Lipinski definition) is 1. The normalized spacial score (nSPS) is 12.0. The van der Waals surface area contributed by atoms with Crippen molar-refractivity contribution in [2.45, 2.75) is 18.7 Å². The molecule has 1 N–H and O–H groups in total. The smallest absolute Gasteiger partial charge is 0.249 e. The van der Waals surface area contributed by atoms with Crippen LogP contribution in [0.4, 0.5) is 5.82 Å². The Kier molecular flexibility index (Phi) is 6.11. The Balaban J connectivity index is 2.06. The third-order valence-corrected chi connectivity index (χ3v) is 5.68. The van der Waals surface area contributed by atoms with Gasteiger partial charge in [-0.05, 0) is 23.8 Å². The molecule has 0 spiro atoms. The van der Waals surface area contributed by atoms with E-state index in [4.69, 9.17) is 0 Å². The maximum Gasteiger partial charge on any atom is 0.249 e. The number of nitrogens with zero attached hydrogens (tertiary/aromatic N) is 3. The number of anilines is 1. The molecule has 2 rings (SSSR count). The fourth-order valence-corrected chi connectivity index (χ4v) is 3.74. The maximum atomic E-state index is 12.4. The summed E-state index contributed by atoms with van der Waals surface area (Å²) in [6.07, 6.45) is 4.73. The zero-order valence-electron chi connectivity index (χ0n) is 14.5. The number of amides is 1. The predicted octanol–water partition coefficient (Wildman–Crippen LogP) is 2.10. The topological polar surface area (TPSA) is 84.3 Å². The van der Waals surface area contributed by atoms with Gasteiger partial charge in [-0.15, -0.1) is 0 Å². The van der Waals surface area contributed by atoms with Crippen molar-refractivity contribution in [3.8, 4) is 0 Å². The van der Waals surface area contributed by atoms with Gasteiger partial charge in [0.2, 0.25) is 15.9 Å². The average Bonchev–Trinajstić information content (AvgIpc) is 2.99. The summed E-state index contributed by atoms with van der Waals surface area (Å²) < 4.78 is 27.8. The summed E-state index contributed by atoms with van der Waals surface area (Å²) in [5.41, 5.74) is 0.731. The van der Waals surface area contributed by atoms with Crippen LogP contribution in [0, 0.1) is 0 Å². The number of rotatable bonds is 7. The van der Waals surface area contributed by atoms with Gasteiger partial charge in [0.15, 0.2) is 5.82 Å². The molecule has 0 aliphatic rings. The van der Waals surface area contributed by atoms with Gasteiger partial charge in [0.1, 0.15) is 0 Å². The molecule has 0 aliphatic carbocycles. The van der Waals surface area contributed by atoms with E-state index < -0.39 is 10.0 Å². The Labute approximate surface area is 148 Å². The van der Waals surface area contributed by atoms with Gasteiger partial charge in [-0.2, -0.15) is 9.40 Å². The number of hydrogen-bond acceptors (Lipinski definition) is 4. The zero-order chi connectivity index (χ0) is 18.4. The van der Waals surface area contributed by atoms with Crippen LogP contribution in [-0.2, 0) is 21.9 Å². The van der Waals surface area contributed by atoms with Crippen LogP contribution in [0.3, 0.4) is 0 Å². The van der Waals surface area contributed by atoms with E-state index in [9.17, 15) is 13.2 Å². The van der Waals surface area contributed by atoms with E-state index in [1.807, 2.05) is 0 Å². The number of sulfonamides is 1. The van der Waals surface area contributed by atoms with E-state index in [0.29, 0.717) is 18.9 Å². The molecule has 1 aromatic carbocycles. The first-order valence-electron chi connectivity index (χ1n) is 7.95. The fraction of sp³-hybridized carbons (Fsp3) is 0.294. The standard InChI is InChI=1S/C17H22N4O3S/c1-4-21(5-2)25(23,24)15-9-6-14(7-10-15)8-11-17(22)18-16-12-13-20(3)19-16/h6-13H,4-5H2,1-3H3,(H,18,19,22)/b11-8+. The fourth-order valence-electron chi connectivity index (χ4n) is 2.29. The molecule has 8 heteroatoms. The number of aromatic nitrogens is 2. The Morgan fingerprint density at radius 1 is 1.20 bits per heavy atom. The van der Waals surface area contributed by atoms with E-state index in [0.717, 1.165) is 5.56 Å². The SMILES string of the molecule is CCN(CC)S(=O)(=O)c1ccc(/C=C/C(=O)Nc2ccn(C)n2)cc1. The average molecular weight is 362 g/mol. The highest BCUT2D eigenvalue weighted by molar-refractivity contribution is 7.89. The molecule has 1 aromatic heterocycles. The lowest BCUT2D eigenvalue weighted by Gasteiger charge is -2.18. The minimum Gasteiger partial charge on any atom is -0.306 e. The molecule has 1 heterocycles. The summed E-state index contributed by atoms with van der Waals surface area (Å²) in [4.78, 5) is 12.1. The first-order valence-corrected chi connectivity index (χ1v) is 9.39. The van der Waals surface area contributed by atoms with Crippen LogP contribution >= 0.6 is 0 Å². The summed E-state index contributed by atoms with van der Waals surface area (Å²) in [6, 6.07) is 8.12. The lowest BCUT2D eigenvalue weighted by Crippen LogP contribution is -2.30. The van der Waals surface area contributed by atoms with Crippen molar-refractivity contribution in [2.24, 2.45) is 7.05 Å². The van der Waals surface area contributed by atoms with Gasteiger partial charge < -0.3 is 5.32 Å². The molecule has 0 atom stereocenters. The van der Waals surface area contributed by atoms with Crippen LogP contribution in [0.5, 0.6) is 0 Å². The van der Waals surface area contributed by atoms with E-state index >= 15 is 0 Å². The molecule has 0 aliphatic heterocycles. The van der Waals surface area contributed by atoms with Gasteiger partial charge in [-0.25, -0.2) is 8.42 Å². The number of aryl methyl sites for hydroxylation is 1. The summed E-state index contributed by atoms with van der Waals surface area (Å²) in [7, 11) is -1.71. The van der Waals surface area contributed by atoms with Crippen LogP contribution in [0.25, 0.3) is 6.08 Å². The Hall–Kier alpha value is -2.45. The lowest BCUT2D eigenvalue weighted by atomic mass is 10.2. The third kappa shape index (κ3) is 4.77. The lowest BCUT2D eigenvalue weighted by molar-refractivity contribution is -0.111. The van der Waals surface area contributed by atoms with E-state index in [1.54, 1.807) is 68.2 Å². The number of carbonyl (C=O) groups excluding carboxylic acids is 1. The van der Waals surface area contributed by atoms with Crippen molar-refractivity contribution in [1.29, 1.82) is 0 Å². The Bertz CT molecular complexity index is 850. The maximum absolute atomic E-state index is 12.4. The molecule has 7 nitrogen and oxygen atoms in total. The molecule has 1 amide bonds. The van der Waals surface area contributed by atoms with Gasteiger partial charge in [0, 0.05) is 38.5 Å². The minimum atomic E-state index is -3.47. The molecule has 0 saturated heterocycles. The molecule has 0 saturated carbocycles. The molecule has 0 unspecified atom stereocenters. The van der Waals surface area contributed by atoms with Crippen molar-refractivity contribution in [3.05, 3.63) is 48.2 Å². The molecule has 0 bridgehead atoms. The van der Waals surface area contributed by atoms with Gasteiger partial charge in [-0.1, -0.05) is 26.0 Å². The van der Waals surface area contributed by atoms with Crippen molar-refractivity contribution in [2.75, 3.05) is 18.4 Å². The van der Waals surface area contributed by atoms with Gasteiger partial charge in [0.05, 0.1) is 4.90 Å². The second kappa shape index (κ2) is 8.09. The summed E-state index contributed by atoms with van der Waals surface area (Å²) in [5, 5.41) is 6.69. The number of nitrogens with one attached hydrogen (secondary N) is 1. The molecule has 25 heavy (non-hydrogen) atoms. The van der Waals surface area contributed by atoms with E-state index in [1.165, 1.54) is 10.4 Å². The highest BCUT2D eigenvalue weighted by atomic mass is 32.2. The zero-order valence-corrected chi connectivity index (χ0v) is 15.3. The quantitative estimate of drug-likeness (QED) is 0.765. The molecular weight excluding hydrogens is 340 g/mol. The molecule has 2 aromatic rings. The first kappa shape index (κ1) is 18.9. The highest BCUT2D eigenvalue weighted by Crippen LogP contribution is 2.16. The molecule has 0 radical (unpaired) electrons. The van der Waals surface area contributed by atoms with Crippen LogP contribution in [-0.4, -0.2) is 41.5 Å². The number of carbonyl (C=O) groups is 1. The minimum absolute atomic E-state index is 0.242. The highest BCUT2D eigenvalue weighted by Gasteiger charge is 2.20. The molecular formula is C17H22N4O3S. The van der Waals surface area contributed by atoms with Gasteiger partial charge >= 0.3 is 0 Å². The predicted molar refractivity (Wildman–Crippen MR) is 97.4 cm³/mol. The Morgan fingerprint density at radius 2 is 1.84 bits per heavy atom. The Morgan fingerprint density at radius 3 is 2.36 bits per heavy atom. The molecule has 0 fully saturated rings. The van der Waals surface area contributed by atoms with Crippen molar-refractivity contribution in [1.82, 2.24) is 14.1 Å². The van der Waals surface area contributed by atoms with Crippen LogP contribution in [0.15, 0.2) is 47.5 Å². The first-order chi connectivity index (χ1) is 11.9. The number of benzene rings is 1. The molecule has 134 valence electrons. The summed E-state index contributed by atoms with van der Waals surface area (Å²) in [6.45, 7) is 4.46. The van der Waals surface area contributed by atoms with E-state index in [-0.39, 0.29) is 10.8 Å². The largest absolute Gasteiger partial charge is 0.306 e. The van der Waals surface area contributed by atoms with E-state index in [2.05, 4.69) is 10.4 Å². The summed E-state index contributed by atoms with van der Waals surface area (Å²) >= 11 is 0. The van der Waals surface area contributed by atoms with Crippen LogP contribution < -0.4 is 5.32 Å². The summed E-state index contributed by atoms with van der Waals surface area (Å²) in [5.74, 6) is 0.163. The van der Waals surface area contributed by atoms with Crippen molar-refractivity contribution >= 4 is 27.8 Å². The monoisotopic (exact) mass is 362 g/mol. The van der Waals surface area contributed by atoms with Gasteiger partial charge in [0.25, 0.3) is 0 Å². The van der Waals surface area contributed by atoms with Crippen molar-refractivity contribution in [3.63, 3.8) is 0 Å². The van der Waals surface area contributed by atoms with Crippen molar-refractivity contribution < 1.29 is 13.2 Å².